The molecule has 2 amide bonds. The van der Waals surface area contributed by atoms with Gasteiger partial charge < -0.3 is 10.2 Å². The monoisotopic (exact) mass is 250 g/mol. The van der Waals surface area contributed by atoms with E-state index in [9.17, 15) is 14.4 Å². The lowest BCUT2D eigenvalue weighted by molar-refractivity contribution is -0.146. The van der Waals surface area contributed by atoms with Crippen LogP contribution in [0.3, 0.4) is 0 Å². The lowest BCUT2D eigenvalue weighted by Crippen LogP contribution is -2.47. The summed E-state index contributed by atoms with van der Waals surface area (Å²) in [7, 11) is 0. The second-order valence-corrected chi connectivity index (χ2v) is 3.71. The lowest BCUT2D eigenvalue weighted by atomic mass is 10.1. The van der Waals surface area contributed by atoms with Crippen LogP contribution in [0, 0.1) is 0 Å². The third kappa shape index (κ3) is 1.96. The molecule has 0 spiro atoms. The van der Waals surface area contributed by atoms with Crippen molar-refractivity contribution in [3.63, 3.8) is 0 Å². The average molecular weight is 250 g/mol. The third-order valence-electron chi connectivity index (χ3n) is 2.52. The number of fused-ring (bicyclic) bond motifs is 1. The number of aliphatic hydroxyl groups is 1. The normalized spacial score (nSPS) is 15.7. The molecule has 1 aromatic rings. The van der Waals surface area contributed by atoms with Crippen molar-refractivity contribution < 1.29 is 24.6 Å². The van der Waals surface area contributed by atoms with Gasteiger partial charge in [0.2, 0.25) is 0 Å². The number of hydrogen-bond acceptors (Lipinski definition) is 5. The third-order valence-corrected chi connectivity index (χ3v) is 2.52. The van der Waals surface area contributed by atoms with Gasteiger partial charge in [0.05, 0.1) is 17.7 Å². The van der Waals surface area contributed by atoms with Gasteiger partial charge in [-0.1, -0.05) is 12.1 Å². The van der Waals surface area contributed by atoms with E-state index in [1.165, 1.54) is 12.1 Å². The van der Waals surface area contributed by atoms with Crippen LogP contribution in [0.4, 0.5) is 0 Å². The van der Waals surface area contributed by atoms with Crippen molar-refractivity contribution in [1.82, 2.24) is 10.4 Å². The number of carbonyl (C=O) groups excluding carboxylic acids is 2. The molecule has 2 rings (SSSR count). The smallest absolute Gasteiger partial charge is 0.333 e. The first-order valence-corrected chi connectivity index (χ1v) is 5.14. The van der Waals surface area contributed by atoms with Crippen molar-refractivity contribution in [2.24, 2.45) is 0 Å². The molecule has 7 heteroatoms. The van der Waals surface area contributed by atoms with E-state index >= 15 is 0 Å². The molecular weight excluding hydrogens is 240 g/mol. The van der Waals surface area contributed by atoms with Gasteiger partial charge in [-0.05, 0) is 12.1 Å². The van der Waals surface area contributed by atoms with Crippen LogP contribution >= 0.6 is 0 Å². The lowest BCUT2D eigenvalue weighted by Gasteiger charge is -2.16. The van der Waals surface area contributed by atoms with E-state index in [1.54, 1.807) is 12.1 Å². The molecule has 0 saturated carbocycles. The van der Waals surface area contributed by atoms with Gasteiger partial charge in [0.15, 0.2) is 6.10 Å². The van der Waals surface area contributed by atoms with E-state index < -0.39 is 30.4 Å². The van der Waals surface area contributed by atoms with Crippen LogP contribution in [0.25, 0.3) is 0 Å². The summed E-state index contributed by atoms with van der Waals surface area (Å²) in [6.45, 7) is -0.430. The Kier molecular flexibility index (Phi) is 3.09. The molecule has 3 N–H and O–H groups in total. The Hall–Kier alpha value is -2.25. The predicted molar refractivity (Wildman–Crippen MR) is 58.6 cm³/mol. The summed E-state index contributed by atoms with van der Waals surface area (Å²) >= 11 is 0. The Morgan fingerprint density at radius 2 is 1.72 bits per heavy atom. The number of carbonyl (C=O) groups is 3. The highest BCUT2D eigenvalue weighted by Crippen LogP contribution is 2.20. The first kappa shape index (κ1) is 12.2. The zero-order valence-electron chi connectivity index (χ0n) is 9.16. The fourth-order valence-corrected chi connectivity index (χ4v) is 1.60. The maximum absolute atomic E-state index is 11.8. The van der Waals surface area contributed by atoms with Crippen LogP contribution in [0.1, 0.15) is 20.7 Å². The molecule has 0 fully saturated rings. The topological polar surface area (TPSA) is 107 Å². The number of hydrazine groups is 1. The number of carboxylic acid groups (broad SMARTS) is 1. The molecule has 94 valence electrons. The van der Waals surface area contributed by atoms with Crippen molar-refractivity contribution >= 4 is 17.8 Å². The predicted octanol–water partition coefficient (Wildman–Crippen LogP) is -0.767. The second kappa shape index (κ2) is 4.55. The minimum atomic E-state index is -1.69. The largest absolute Gasteiger partial charge is 0.479 e. The zero-order valence-corrected chi connectivity index (χ0v) is 9.16. The molecule has 0 bridgehead atoms. The van der Waals surface area contributed by atoms with Gasteiger partial charge in [-0.15, -0.1) is 0 Å². The Balaban J connectivity index is 2.12. The SMILES string of the molecule is O=C(O)C(O)CNN1C(=O)c2ccccc2C1=O. The van der Waals surface area contributed by atoms with Gasteiger partial charge in [-0.3, -0.25) is 9.59 Å². The van der Waals surface area contributed by atoms with E-state index in [0.29, 0.717) is 5.01 Å². The zero-order chi connectivity index (χ0) is 13.3. The van der Waals surface area contributed by atoms with Crippen LogP contribution in [-0.2, 0) is 4.79 Å². The maximum atomic E-state index is 11.8. The van der Waals surface area contributed by atoms with Gasteiger partial charge in [0.1, 0.15) is 0 Å². The summed E-state index contributed by atoms with van der Waals surface area (Å²) in [6.07, 6.45) is -1.69. The van der Waals surface area contributed by atoms with Gasteiger partial charge in [0.25, 0.3) is 11.8 Å². The van der Waals surface area contributed by atoms with Crippen molar-refractivity contribution in [1.29, 1.82) is 0 Å². The highest BCUT2D eigenvalue weighted by Gasteiger charge is 2.35. The second-order valence-electron chi connectivity index (χ2n) is 3.71. The number of aliphatic carboxylic acids is 1. The van der Waals surface area contributed by atoms with E-state index in [2.05, 4.69) is 5.43 Å². The van der Waals surface area contributed by atoms with Crippen LogP contribution in [-0.4, -0.2) is 45.7 Å². The molecule has 1 aliphatic heterocycles. The minimum Gasteiger partial charge on any atom is -0.479 e. The molecule has 1 heterocycles. The summed E-state index contributed by atoms with van der Waals surface area (Å²) in [5.74, 6) is -2.56. The molecule has 0 radical (unpaired) electrons. The first-order valence-electron chi connectivity index (χ1n) is 5.14. The molecule has 0 aromatic heterocycles. The molecule has 18 heavy (non-hydrogen) atoms. The highest BCUT2D eigenvalue weighted by atomic mass is 16.4. The molecule has 1 atom stereocenters. The number of hydrogen-bond donors (Lipinski definition) is 3. The molecule has 0 aliphatic carbocycles. The van der Waals surface area contributed by atoms with Gasteiger partial charge in [-0.2, -0.15) is 0 Å². The molecule has 0 saturated heterocycles. The molecular formula is C11H10N2O5. The molecule has 1 aliphatic rings. The van der Waals surface area contributed by atoms with Crippen LogP contribution in [0.15, 0.2) is 24.3 Å². The fourth-order valence-electron chi connectivity index (χ4n) is 1.60. The van der Waals surface area contributed by atoms with Crippen molar-refractivity contribution in [3.8, 4) is 0 Å². The number of nitrogens with zero attached hydrogens (tertiary/aromatic N) is 1. The van der Waals surface area contributed by atoms with E-state index in [0.717, 1.165) is 0 Å². The number of carboxylic acids is 1. The number of aliphatic hydroxyl groups excluding tert-OH is 1. The molecule has 1 unspecified atom stereocenters. The number of rotatable bonds is 4. The number of amides is 2. The first-order chi connectivity index (χ1) is 8.52. The van der Waals surface area contributed by atoms with Crippen molar-refractivity contribution in [2.45, 2.75) is 6.10 Å². The summed E-state index contributed by atoms with van der Waals surface area (Å²) < 4.78 is 0. The van der Waals surface area contributed by atoms with Crippen LogP contribution < -0.4 is 5.43 Å². The van der Waals surface area contributed by atoms with Crippen LogP contribution in [0.2, 0.25) is 0 Å². The summed E-state index contributed by atoms with van der Waals surface area (Å²) in [6, 6.07) is 6.26. The number of imide groups is 1. The Morgan fingerprint density at radius 1 is 1.22 bits per heavy atom. The summed E-state index contributed by atoms with van der Waals surface area (Å²) in [5.41, 5.74) is 2.81. The van der Waals surface area contributed by atoms with Gasteiger partial charge in [0, 0.05) is 0 Å². The Bertz CT molecular complexity index is 493. The van der Waals surface area contributed by atoms with E-state index in [4.69, 9.17) is 10.2 Å². The maximum Gasteiger partial charge on any atom is 0.333 e. The van der Waals surface area contributed by atoms with Crippen molar-refractivity contribution in [3.05, 3.63) is 35.4 Å². The minimum absolute atomic E-state index is 0.250. The fraction of sp³-hybridized carbons (Fsp3) is 0.182. The molecule has 1 aromatic carbocycles. The standard InChI is InChI=1S/C11H10N2O5/c14-8(11(17)18)5-12-13-9(15)6-3-1-2-4-7(6)10(13)16/h1-4,8,12,14H,5H2,(H,17,18). The van der Waals surface area contributed by atoms with Gasteiger partial charge in [-0.25, -0.2) is 15.2 Å². The van der Waals surface area contributed by atoms with E-state index in [-0.39, 0.29) is 11.1 Å². The average Bonchev–Trinajstić information content (AvgIpc) is 2.60. The van der Waals surface area contributed by atoms with Crippen LogP contribution in [0.5, 0.6) is 0 Å². The van der Waals surface area contributed by atoms with Gasteiger partial charge >= 0.3 is 5.97 Å². The summed E-state index contributed by atoms with van der Waals surface area (Å²) in [4.78, 5) is 34.0. The molecule has 7 nitrogen and oxygen atoms in total. The Labute approximate surface area is 102 Å². The van der Waals surface area contributed by atoms with E-state index in [1.807, 2.05) is 0 Å². The quantitative estimate of drug-likeness (QED) is 0.606. The Morgan fingerprint density at radius 3 is 2.17 bits per heavy atom. The number of benzene rings is 1. The summed E-state index contributed by atoms with van der Waals surface area (Å²) in [5, 5.41) is 18.3. The van der Waals surface area contributed by atoms with Crippen molar-refractivity contribution in [2.75, 3.05) is 6.54 Å². The number of nitrogens with one attached hydrogen (secondary N) is 1. The highest BCUT2D eigenvalue weighted by molar-refractivity contribution is 6.20.